The maximum atomic E-state index is 13.1. The molecule has 3 aromatic rings. The molecule has 150 valence electrons. The van der Waals surface area contributed by atoms with Gasteiger partial charge in [-0.25, -0.2) is 14.2 Å². The zero-order valence-corrected chi connectivity index (χ0v) is 16.8. The number of hydrogen-bond acceptors (Lipinski definition) is 5. The van der Waals surface area contributed by atoms with Crippen LogP contribution in [0.3, 0.4) is 0 Å². The first-order chi connectivity index (χ1) is 14.7. The van der Waals surface area contributed by atoms with Crippen molar-refractivity contribution in [1.29, 1.82) is 0 Å². The number of ether oxygens (including phenoxy) is 2. The first kappa shape index (κ1) is 19.9. The second kappa shape index (κ2) is 9.41. The Morgan fingerprint density at radius 3 is 2.50 bits per heavy atom. The number of carbonyl (C=O) groups is 1. The highest BCUT2D eigenvalue weighted by atomic mass is 32.2. The van der Waals surface area contributed by atoms with Crippen LogP contribution in [0, 0.1) is 5.82 Å². The number of halogens is 1. The largest absolute Gasteiger partial charge is 0.492 e. The molecule has 1 aliphatic rings. The van der Waals surface area contributed by atoms with Gasteiger partial charge < -0.3 is 9.47 Å². The number of rotatable bonds is 7. The SMILES string of the molecule is O=C1OC(c2ccc(F)cc2)=NC1=Cc1ccccc1OCCSc1ccccc1. The molecule has 6 heteroatoms. The Hall–Kier alpha value is -3.38. The normalized spacial score (nSPS) is 14.5. The molecule has 0 aromatic heterocycles. The molecule has 0 atom stereocenters. The van der Waals surface area contributed by atoms with E-state index in [4.69, 9.17) is 9.47 Å². The van der Waals surface area contributed by atoms with E-state index in [0.29, 0.717) is 17.9 Å². The molecule has 0 saturated carbocycles. The summed E-state index contributed by atoms with van der Waals surface area (Å²) in [5.74, 6) is 0.699. The Morgan fingerprint density at radius 1 is 0.967 bits per heavy atom. The van der Waals surface area contributed by atoms with E-state index in [9.17, 15) is 9.18 Å². The Labute approximate surface area is 178 Å². The van der Waals surface area contributed by atoms with Crippen molar-refractivity contribution in [3.8, 4) is 5.75 Å². The number of hydrogen-bond donors (Lipinski definition) is 0. The van der Waals surface area contributed by atoms with Gasteiger partial charge in [-0.2, -0.15) is 0 Å². The van der Waals surface area contributed by atoms with Gasteiger partial charge in [0.05, 0.1) is 6.61 Å². The molecule has 0 amide bonds. The molecule has 0 spiro atoms. The number of carbonyl (C=O) groups excluding carboxylic acids is 1. The van der Waals surface area contributed by atoms with Gasteiger partial charge in [0.25, 0.3) is 0 Å². The van der Waals surface area contributed by atoms with Crippen LogP contribution in [0.2, 0.25) is 0 Å². The van der Waals surface area contributed by atoms with Crippen LogP contribution < -0.4 is 4.74 Å². The summed E-state index contributed by atoms with van der Waals surface area (Å²) in [7, 11) is 0. The van der Waals surface area contributed by atoms with E-state index in [1.807, 2.05) is 42.5 Å². The molecule has 0 radical (unpaired) electrons. The Bertz CT molecular complexity index is 1090. The molecular formula is C24H18FNO3S. The van der Waals surface area contributed by atoms with Crippen LogP contribution in [0.25, 0.3) is 6.08 Å². The van der Waals surface area contributed by atoms with Gasteiger partial charge in [-0.1, -0.05) is 36.4 Å². The standard InChI is InChI=1S/C24H18FNO3S/c25-19-12-10-17(11-13-19)23-26-21(24(27)29-23)16-18-6-4-5-9-22(18)28-14-15-30-20-7-2-1-3-8-20/h1-13,16H,14-15H2. The predicted molar refractivity (Wildman–Crippen MR) is 116 cm³/mol. The van der Waals surface area contributed by atoms with Crippen LogP contribution in [0.15, 0.2) is 94.4 Å². The molecule has 0 bridgehead atoms. The third-order valence-corrected chi connectivity index (χ3v) is 5.25. The summed E-state index contributed by atoms with van der Waals surface area (Å²) in [6.45, 7) is 0.522. The molecule has 4 rings (SSSR count). The first-order valence-electron chi connectivity index (χ1n) is 9.37. The molecular weight excluding hydrogens is 401 g/mol. The second-order valence-corrected chi connectivity index (χ2v) is 7.56. The van der Waals surface area contributed by atoms with Crippen molar-refractivity contribution in [1.82, 2.24) is 0 Å². The van der Waals surface area contributed by atoms with Crippen molar-refractivity contribution in [3.05, 3.63) is 102 Å². The second-order valence-electron chi connectivity index (χ2n) is 6.39. The topological polar surface area (TPSA) is 47.9 Å². The first-order valence-corrected chi connectivity index (χ1v) is 10.4. The van der Waals surface area contributed by atoms with Gasteiger partial charge in [-0.3, -0.25) is 0 Å². The van der Waals surface area contributed by atoms with Crippen molar-refractivity contribution >= 4 is 29.7 Å². The van der Waals surface area contributed by atoms with Crippen LogP contribution in [0.1, 0.15) is 11.1 Å². The Kier molecular flexibility index (Phi) is 6.25. The van der Waals surface area contributed by atoms with Crippen LogP contribution in [-0.2, 0) is 9.53 Å². The fraction of sp³-hybridized carbons (Fsp3) is 0.0833. The van der Waals surface area contributed by atoms with E-state index < -0.39 is 5.97 Å². The summed E-state index contributed by atoms with van der Waals surface area (Å²) in [5, 5.41) is 0. The van der Waals surface area contributed by atoms with Crippen LogP contribution in [0.4, 0.5) is 4.39 Å². The Balaban J connectivity index is 1.45. The molecule has 1 heterocycles. The Morgan fingerprint density at radius 2 is 1.70 bits per heavy atom. The quantitative estimate of drug-likeness (QED) is 0.224. The summed E-state index contributed by atoms with van der Waals surface area (Å²) in [6, 6.07) is 23.2. The van der Waals surface area contributed by atoms with E-state index in [2.05, 4.69) is 17.1 Å². The lowest BCUT2D eigenvalue weighted by molar-refractivity contribution is -0.129. The highest BCUT2D eigenvalue weighted by Gasteiger charge is 2.24. The van der Waals surface area contributed by atoms with Crippen molar-refractivity contribution in [2.24, 2.45) is 4.99 Å². The number of benzene rings is 3. The van der Waals surface area contributed by atoms with E-state index in [1.165, 1.54) is 29.2 Å². The molecule has 3 aromatic carbocycles. The molecule has 0 saturated heterocycles. The average molecular weight is 419 g/mol. The molecule has 0 N–H and O–H groups in total. The van der Waals surface area contributed by atoms with Gasteiger partial charge in [0.15, 0.2) is 5.70 Å². The summed E-state index contributed by atoms with van der Waals surface area (Å²) < 4.78 is 24.3. The van der Waals surface area contributed by atoms with Crippen molar-refractivity contribution in [2.45, 2.75) is 4.90 Å². The van der Waals surface area contributed by atoms with Crippen molar-refractivity contribution in [3.63, 3.8) is 0 Å². The molecule has 0 aliphatic carbocycles. The maximum Gasteiger partial charge on any atom is 0.363 e. The van der Waals surface area contributed by atoms with Crippen LogP contribution in [-0.4, -0.2) is 24.2 Å². The third-order valence-electron chi connectivity index (χ3n) is 4.28. The number of aliphatic imine (C=N–C) groups is 1. The molecule has 1 aliphatic heterocycles. The van der Waals surface area contributed by atoms with Gasteiger partial charge in [0, 0.05) is 21.8 Å². The lowest BCUT2D eigenvalue weighted by atomic mass is 10.1. The lowest BCUT2D eigenvalue weighted by Crippen LogP contribution is -2.05. The predicted octanol–water partition coefficient (Wildman–Crippen LogP) is 5.34. The summed E-state index contributed by atoms with van der Waals surface area (Å²) >= 11 is 1.71. The number of esters is 1. The minimum atomic E-state index is -0.552. The third kappa shape index (κ3) is 4.96. The smallest absolute Gasteiger partial charge is 0.363 e. The summed E-state index contributed by atoms with van der Waals surface area (Å²) in [6.07, 6.45) is 1.64. The molecule has 0 unspecified atom stereocenters. The zero-order valence-electron chi connectivity index (χ0n) is 16.0. The fourth-order valence-corrected chi connectivity index (χ4v) is 3.58. The zero-order chi connectivity index (χ0) is 20.8. The molecule has 0 fully saturated rings. The lowest BCUT2D eigenvalue weighted by Gasteiger charge is -2.09. The highest BCUT2D eigenvalue weighted by Crippen LogP contribution is 2.25. The van der Waals surface area contributed by atoms with Gasteiger partial charge in [0.1, 0.15) is 11.6 Å². The molecule has 30 heavy (non-hydrogen) atoms. The van der Waals surface area contributed by atoms with Gasteiger partial charge in [-0.15, -0.1) is 11.8 Å². The minimum Gasteiger partial charge on any atom is -0.492 e. The summed E-state index contributed by atoms with van der Waals surface area (Å²) in [5.41, 5.74) is 1.44. The van der Waals surface area contributed by atoms with E-state index in [-0.39, 0.29) is 17.4 Å². The van der Waals surface area contributed by atoms with Crippen LogP contribution >= 0.6 is 11.8 Å². The van der Waals surface area contributed by atoms with Crippen molar-refractivity contribution in [2.75, 3.05) is 12.4 Å². The summed E-state index contributed by atoms with van der Waals surface area (Å²) in [4.78, 5) is 17.7. The number of thioether (sulfide) groups is 1. The maximum absolute atomic E-state index is 13.1. The van der Waals surface area contributed by atoms with Gasteiger partial charge in [0.2, 0.25) is 5.90 Å². The molecule has 4 nitrogen and oxygen atoms in total. The van der Waals surface area contributed by atoms with E-state index >= 15 is 0 Å². The number of cyclic esters (lactones) is 1. The van der Waals surface area contributed by atoms with Gasteiger partial charge >= 0.3 is 5.97 Å². The van der Waals surface area contributed by atoms with E-state index in [0.717, 1.165) is 11.3 Å². The average Bonchev–Trinajstić information content (AvgIpc) is 3.14. The van der Waals surface area contributed by atoms with E-state index in [1.54, 1.807) is 17.8 Å². The van der Waals surface area contributed by atoms with Crippen LogP contribution in [0.5, 0.6) is 5.75 Å². The monoisotopic (exact) mass is 419 g/mol. The number of nitrogens with zero attached hydrogens (tertiary/aromatic N) is 1. The fourth-order valence-electron chi connectivity index (χ4n) is 2.83. The number of para-hydroxylation sites is 1. The van der Waals surface area contributed by atoms with Crippen molar-refractivity contribution < 1.29 is 18.7 Å². The van der Waals surface area contributed by atoms with Gasteiger partial charge in [-0.05, 0) is 48.5 Å². The highest BCUT2D eigenvalue weighted by molar-refractivity contribution is 7.99. The minimum absolute atomic E-state index is 0.156.